The fourth-order valence-electron chi connectivity index (χ4n) is 1.93. The molecule has 0 heterocycles. The molecule has 0 aromatic carbocycles. The van der Waals surface area contributed by atoms with Crippen molar-refractivity contribution in [2.24, 2.45) is 10.8 Å². The van der Waals surface area contributed by atoms with Crippen LogP contribution in [0.4, 0.5) is 0 Å². The highest BCUT2D eigenvalue weighted by molar-refractivity contribution is 5.02. The number of aliphatic hydroxyl groups is 1. The van der Waals surface area contributed by atoms with Gasteiger partial charge in [0.05, 0.1) is 0 Å². The van der Waals surface area contributed by atoms with Crippen LogP contribution in [0.15, 0.2) is 0 Å². The Bertz CT molecular complexity index is 176. The molecule has 1 rings (SSSR count). The van der Waals surface area contributed by atoms with Gasteiger partial charge in [-0.2, -0.15) is 0 Å². The summed E-state index contributed by atoms with van der Waals surface area (Å²) in [6.45, 7) is 10.2. The van der Waals surface area contributed by atoms with Gasteiger partial charge in [-0.05, 0) is 24.7 Å². The topological polar surface area (TPSA) is 32.3 Å². The minimum atomic E-state index is 0.110. The third-order valence-corrected chi connectivity index (χ3v) is 4.07. The van der Waals surface area contributed by atoms with Crippen molar-refractivity contribution in [1.82, 2.24) is 5.32 Å². The van der Waals surface area contributed by atoms with E-state index in [1.54, 1.807) is 0 Å². The second-order valence-electron chi connectivity index (χ2n) is 5.49. The van der Waals surface area contributed by atoms with Crippen molar-refractivity contribution in [2.45, 2.75) is 53.0 Å². The summed E-state index contributed by atoms with van der Waals surface area (Å²) < 4.78 is 0. The van der Waals surface area contributed by atoms with Crippen LogP contribution in [-0.2, 0) is 0 Å². The van der Waals surface area contributed by atoms with Gasteiger partial charge >= 0.3 is 0 Å². The van der Waals surface area contributed by atoms with E-state index in [1.807, 2.05) is 0 Å². The molecule has 0 aliphatic heterocycles. The van der Waals surface area contributed by atoms with E-state index in [0.717, 1.165) is 19.4 Å². The summed E-state index contributed by atoms with van der Waals surface area (Å²) in [5.41, 5.74) is 0.599. The van der Waals surface area contributed by atoms with E-state index in [-0.39, 0.29) is 5.41 Å². The van der Waals surface area contributed by atoms with Crippen molar-refractivity contribution in [2.75, 3.05) is 13.2 Å². The maximum atomic E-state index is 9.40. The van der Waals surface area contributed by atoms with Gasteiger partial charge in [-0.3, -0.25) is 0 Å². The van der Waals surface area contributed by atoms with Gasteiger partial charge in [0.25, 0.3) is 0 Å². The first-order valence-corrected chi connectivity index (χ1v) is 5.84. The van der Waals surface area contributed by atoms with Gasteiger partial charge in [-0.25, -0.2) is 0 Å². The number of nitrogens with one attached hydrogen (secondary N) is 1. The fourth-order valence-corrected chi connectivity index (χ4v) is 1.93. The van der Waals surface area contributed by atoms with Crippen LogP contribution in [0.2, 0.25) is 0 Å². The Kier molecular flexibility index (Phi) is 3.59. The normalized spacial score (nSPS) is 25.1. The minimum Gasteiger partial charge on any atom is -0.396 e. The van der Waals surface area contributed by atoms with Gasteiger partial charge in [0, 0.05) is 24.6 Å². The van der Waals surface area contributed by atoms with Gasteiger partial charge in [-0.1, -0.05) is 27.7 Å². The zero-order valence-electron chi connectivity index (χ0n) is 10.1. The molecule has 0 amide bonds. The summed E-state index contributed by atoms with van der Waals surface area (Å²) in [4.78, 5) is 0. The van der Waals surface area contributed by atoms with E-state index >= 15 is 0 Å². The number of hydrogen-bond acceptors (Lipinski definition) is 2. The molecule has 0 aromatic heterocycles. The Morgan fingerprint density at radius 3 is 2.14 bits per heavy atom. The van der Waals surface area contributed by atoms with Crippen LogP contribution in [0.1, 0.15) is 47.0 Å². The highest BCUT2D eigenvalue weighted by atomic mass is 16.3. The Labute approximate surface area is 88.1 Å². The standard InChI is InChI=1S/C12H25NO/c1-5-12(6-2,9-14)8-13-10-7-11(10,3)4/h10,13-14H,5-9H2,1-4H3. The van der Waals surface area contributed by atoms with E-state index in [4.69, 9.17) is 0 Å². The van der Waals surface area contributed by atoms with Crippen molar-refractivity contribution in [3.63, 3.8) is 0 Å². The molecule has 1 unspecified atom stereocenters. The molecular formula is C12H25NO. The average molecular weight is 199 g/mol. The Morgan fingerprint density at radius 1 is 1.36 bits per heavy atom. The van der Waals surface area contributed by atoms with Gasteiger partial charge < -0.3 is 10.4 Å². The molecule has 0 bridgehead atoms. The largest absolute Gasteiger partial charge is 0.396 e. The molecule has 1 fully saturated rings. The molecule has 0 spiro atoms. The highest BCUT2D eigenvalue weighted by Gasteiger charge is 2.45. The van der Waals surface area contributed by atoms with Crippen molar-refractivity contribution >= 4 is 0 Å². The molecule has 1 saturated carbocycles. The first kappa shape index (κ1) is 12.0. The summed E-state index contributed by atoms with van der Waals surface area (Å²) in [7, 11) is 0. The molecule has 14 heavy (non-hydrogen) atoms. The summed E-state index contributed by atoms with van der Waals surface area (Å²) in [6.07, 6.45) is 3.39. The highest BCUT2D eigenvalue weighted by Crippen LogP contribution is 2.45. The van der Waals surface area contributed by atoms with Crippen LogP contribution in [0.5, 0.6) is 0 Å². The predicted molar refractivity (Wildman–Crippen MR) is 60.3 cm³/mol. The fraction of sp³-hybridized carbons (Fsp3) is 1.00. The lowest BCUT2D eigenvalue weighted by atomic mass is 9.83. The van der Waals surface area contributed by atoms with E-state index in [2.05, 4.69) is 33.0 Å². The summed E-state index contributed by atoms with van der Waals surface area (Å²) in [6, 6.07) is 0.673. The molecule has 2 heteroatoms. The number of rotatable bonds is 6. The first-order valence-electron chi connectivity index (χ1n) is 5.84. The van der Waals surface area contributed by atoms with Crippen LogP contribution in [0, 0.1) is 10.8 Å². The summed E-state index contributed by atoms with van der Waals surface area (Å²) in [5.74, 6) is 0. The quantitative estimate of drug-likeness (QED) is 0.687. The lowest BCUT2D eigenvalue weighted by Crippen LogP contribution is -2.38. The van der Waals surface area contributed by atoms with Crippen LogP contribution in [0.3, 0.4) is 0 Å². The second-order valence-corrected chi connectivity index (χ2v) is 5.49. The smallest absolute Gasteiger partial charge is 0.0499 e. The zero-order valence-corrected chi connectivity index (χ0v) is 10.1. The SMILES string of the molecule is CCC(CC)(CO)CNC1CC1(C)C. The van der Waals surface area contributed by atoms with Gasteiger partial charge in [-0.15, -0.1) is 0 Å². The molecule has 2 nitrogen and oxygen atoms in total. The molecule has 1 atom stereocenters. The van der Waals surface area contributed by atoms with Gasteiger partial charge in [0.2, 0.25) is 0 Å². The van der Waals surface area contributed by atoms with Crippen molar-refractivity contribution in [3.8, 4) is 0 Å². The van der Waals surface area contributed by atoms with E-state index in [0.29, 0.717) is 18.1 Å². The number of hydrogen-bond donors (Lipinski definition) is 2. The lowest BCUT2D eigenvalue weighted by molar-refractivity contribution is 0.112. The third kappa shape index (κ3) is 2.48. The van der Waals surface area contributed by atoms with Crippen molar-refractivity contribution in [3.05, 3.63) is 0 Å². The summed E-state index contributed by atoms with van der Waals surface area (Å²) in [5, 5.41) is 13.0. The maximum Gasteiger partial charge on any atom is 0.0499 e. The minimum absolute atomic E-state index is 0.110. The Hall–Kier alpha value is -0.0800. The first-order chi connectivity index (χ1) is 6.49. The third-order valence-electron chi connectivity index (χ3n) is 4.07. The number of aliphatic hydroxyl groups excluding tert-OH is 1. The molecular weight excluding hydrogens is 174 g/mol. The molecule has 0 radical (unpaired) electrons. The van der Waals surface area contributed by atoms with Crippen LogP contribution < -0.4 is 5.32 Å². The maximum absolute atomic E-state index is 9.40. The molecule has 2 N–H and O–H groups in total. The monoisotopic (exact) mass is 199 g/mol. The van der Waals surface area contributed by atoms with E-state index < -0.39 is 0 Å². The van der Waals surface area contributed by atoms with Crippen LogP contribution in [0.25, 0.3) is 0 Å². The van der Waals surface area contributed by atoms with Crippen LogP contribution in [-0.4, -0.2) is 24.3 Å². The molecule has 84 valence electrons. The summed E-state index contributed by atoms with van der Waals surface area (Å²) >= 11 is 0. The average Bonchev–Trinajstić information content (AvgIpc) is 2.78. The molecule has 1 aliphatic rings. The molecule has 1 aliphatic carbocycles. The van der Waals surface area contributed by atoms with Crippen molar-refractivity contribution < 1.29 is 5.11 Å². The predicted octanol–water partition coefficient (Wildman–Crippen LogP) is 2.17. The molecule has 0 saturated heterocycles. The zero-order chi connectivity index (χ0) is 10.8. The lowest BCUT2D eigenvalue weighted by Gasteiger charge is -2.30. The van der Waals surface area contributed by atoms with Gasteiger partial charge in [0.1, 0.15) is 0 Å². The Morgan fingerprint density at radius 2 is 1.86 bits per heavy atom. The van der Waals surface area contributed by atoms with E-state index in [1.165, 1.54) is 6.42 Å². The second kappa shape index (κ2) is 4.19. The Balaban J connectivity index is 2.34. The molecule has 0 aromatic rings. The van der Waals surface area contributed by atoms with Gasteiger partial charge in [0.15, 0.2) is 0 Å². The van der Waals surface area contributed by atoms with Crippen molar-refractivity contribution in [1.29, 1.82) is 0 Å². The van der Waals surface area contributed by atoms with E-state index in [9.17, 15) is 5.11 Å². The van der Waals surface area contributed by atoms with Crippen LogP contribution >= 0.6 is 0 Å².